The van der Waals surface area contributed by atoms with Gasteiger partial charge in [-0.25, -0.2) is 8.42 Å². The summed E-state index contributed by atoms with van der Waals surface area (Å²) in [6.45, 7) is -0.795. The summed E-state index contributed by atoms with van der Waals surface area (Å²) in [5.41, 5.74) is -1.34. The number of hydrogen-bond donors (Lipinski definition) is 2. The van der Waals surface area contributed by atoms with Crippen LogP contribution in [0.25, 0.3) is 0 Å². The molecule has 0 heterocycles. The summed E-state index contributed by atoms with van der Waals surface area (Å²) in [7, 11) is -4.00. The van der Waals surface area contributed by atoms with E-state index >= 15 is 0 Å². The minimum absolute atomic E-state index is 0.0366. The average Bonchev–Trinajstić information content (AvgIpc) is 3.27. The first kappa shape index (κ1) is 18.2. The van der Waals surface area contributed by atoms with Crippen LogP contribution in [-0.2, 0) is 14.6 Å². The lowest BCUT2D eigenvalue weighted by Crippen LogP contribution is -2.27. The predicted molar refractivity (Wildman–Crippen MR) is 93.8 cm³/mol. The van der Waals surface area contributed by atoms with Gasteiger partial charge in [0.05, 0.1) is 16.8 Å². The van der Waals surface area contributed by atoms with E-state index in [2.05, 4.69) is 0 Å². The van der Waals surface area contributed by atoms with Gasteiger partial charge in [0.1, 0.15) is 5.41 Å². The fourth-order valence-electron chi connectivity index (χ4n) is 3.31. The molecular weight excluding hydrogens is 387 g/mol. The maximum Gasteiger partial charge on any atom is 0.314 e. The van der Waals surface area contributed by atoms with Crippen molar-refractivity contribution in [1.82, 2.24) is 0 Å². The molecule has 2 aromatic rings. The summed E-state index contributed by atoms with van der Waals surface area (Å²) >= 11 is 11.7. The Morgan fingerprint density at radius 3 is 2.24 bits per heavy atom. The Balaban J connectivity index is 2.12. The van der Waals surface area contributed by atoms with Crippen LogP contribution in [0.2, 0.25) is 10.0 Å². The first-order valence-electron chi connectivity index (χ1n) is 7.34. The van der Waals surface area contributed by atoms with Crippen molar-refractivity contribution in [2.24, 2.45) is 5.41 Å². The zero-order valence-corrected chi connectivity index (χ0v) is 15.1. The van der Waals surface area contributed by atoms with Crippen LogP contribution in [0.3, 0.4) is 0 Å². The van der Waals surface area contributed by atoms with Crippen molar-refractivity contribution in [1.29, 1.82) is 0 Å². The zero-order chi connectivity index (χ0) is 18.4. The van der Waals surface area contributed by atoms with Crippen LogP contribution in [0.15, 0.2) is 53.4 Å². The van der Waals surface area contributed by atoms with Gasteiger partial charge in [0, 0.05) is 16.0 Å². The molecule has 1 aliphatic rings. The number of sulfone groups is 1. The number of carboxylic acids is 1. The van der Waals surface area contributed by atoms with Gasteiger partial charge in [-0.15, -0.1) is 0 Å². The molecule has 1 fully saturated rings. The van der Waals surface area contributed by atoms with E-state index in [9.17, 15) is 23.4 Å². The first-order valence-corrected chi connectivity index (χ1v) is 9.64. The van der Waals surface area contributed by atoms with E-state index in [0.29, 0.717) is 15.6 Å². The van der Waals surface area contributed by atoms with E-state index in [4.69, 9.17) is 23.2 Å². The normalized spacial score (nSPS) is 25.6. The van der Waals surface area contributed by atoms with E-state index in [-0.39, 0.29) is 4.90 Å². The molecule has 0 bridgehead atoms. The van der Waals surface area contributed by atoms with Crippen molar-refractivity contribution < 1.29 is 23.4 Å². The Labute approximate surface area is 154 Å². The van der Waals surface area contributed by atoms with Gasteiger partial charge < -0.3 is 10.2 Å². The van der Waals surface area contributed by atoms with E-state index in [1.54, 1.807) is 18.2 Å². The van der Waals surface area contributed by atoms with Crippen LogP contribution in [0.4, 0.5) is 0 Å². The Bertz CT molecular complexity index is 926. The van der Waals surface area contributed by atoms with E-state index < -0.39 is 39.0 Å². The highest BCUT2D eigenvalue weighted by Gasteiger charge is 2.75. The lowest BCUT2D eigenvalue weighted by Gasteiger charge is -2.09. The summed E-state index contributed by atoms with van der Waals surface area (Å²) in [5.74, 6) is -2.25. The second-order valence-electron chi connectivity index (χ2n) is 5.96. The maximum absolute atomic E-state index is 13.0. The molecule has 0 spiro atoms. The fraction of sp³-hybridized carbons (Fsp3) is 0.235. The molecule has 0 unspecified atom stereocenters. The van der Waals surface area contributed by atoms with Gasteiger partial charge in [0.15, 0.2) is 9.84 Å². The van der Waals surface area contributed by atoms with Crippen molar-refractivity contribution in [3.8, 4) is 0 Å². The van der Waals surface area contributed by atoms with Gasteiger partial charge in [-0.1, -0.05) is 35.3 Å². The van der Waals surface area contributed by atoms with Crippen LogP contribution < -0.4 is 0 Å². The number of rotatable bonds is 5. The third-order valence-corrected chi connectivity index (χ3v) is 7.38. The molecule has 8 heteroatoms. The standard InChI is InChI=1S/C17H14Cl2O5S/c18-11-4-6-13(7-5-11)25(23,24)15-14(17(15,9-20)16(21)22)10-2-1-3-12(19)8-10/h1-8,14-15,20H,9H2,(H,21,22)/t14-,15-,17-/m0/s1. The maximum atomic E-state index is 13.0. The molecular formula is C17H14Cl2O5S. The molecule has 1 saturated carbocycles. The van der Waals surface area contributed by atoms with Crippen LogP contribution in [0.5, 0.6) is 0 Å². The topological polar surface area (TPSA) is 91.7 Å². The quantitative estimate of drug-likeness (QED) is 0.804. The molecule has 0 amide bonds. The van der Waals surface area contributed by atoms with Crippen molar-refractivity contribution in [2.45, 2.75) is 16.1 Å². The van der Waals surface area contributed by atoms with Crippen molar-refractivity contribution in [3.63, 3.8) is 0 Å². The third kappa shape index (κ3) is 2.83. The monoisotopic (exact) mass is 400 g/mol. The van der Waals surface area contributed by atoms with E-state index in [0.717, 1.165) is 0 Å². The van der Waals surface area contributed by atoms with Crippen LogP contribution in [-0.4, -0.2) is 36.5 Å². The lowest BCUT2D eigenvalue weighted by atomic mass is 10.0. The average molecular weight is 401 g/mol. The van der Waals surface area contributed by atoms with Gasteiger partial charge in [-0.2, -0.15) is 0 Å². The van der Waals surface area contributed by atoms with Gasteiger partial charge in [0.25, 0.3) is 0 Å². The van der Waals surface area contributed by atoms with Crippen LogP contribution >= 0.6 is 23.2 Å². The minimum Gasteiger partial charge on any atom is -0.481 e. The molecule has 25 heavy (non-hydrogen) atoms. The fourth-order valence-corrected chi connectivity index (χ4v) is 6.00. The number of aliphatic hydroxyl groups is 1. The van der Waals surface area contributed by atoms with Gasteiger partial charge >= 0.3 is 5.97 Å². The number of aliphatic hydroxyl groups excluding tert-OH is 1. The van der Waals surface area contributed by atoms with Crippen molar-refractivity contribution in [2.75, 3.05) is 6.61 Å². The summed E-state index contributed by atoms with van der Waals surface area (Å²) in [5, 5.41) is 18.8. The summed E-state index contributed by atoms with van der Waals surface area (Å²) in [4.78, 5) is 11.8. The molecule has 0 radical (unpaired) electrons. The smallest absolute Gasteiger partial charge is 0.314 e. The van der Waals surface area contributed by atoms with Gasteiger partial charge in [-0.05, 0) is 42.0 Å². The Kier molecular flexibility index (Phi) is 4.58. The second kappa shape index (κ2) is 6.29. The second-order valence-corrected chi connectivity index (χ2v) is 8.90. The molecule has 0 saturated heterocycles. The zero-order valence-electron chi connectivity index (χ0n) is 12.8. The van der Waals surface area contributed by atoms with E-state index in [1.807, 2.05) is 0 Å². The number of carbonyl (C=O) groups is 1. The third-order valence-electron chi connectivity index (χ3n) is 4.60. The summed E-state index contributed by atoms with van der Waals surface area (Å²) in [6.07, 6.45) is 0. The molecule has 2 N–H and O–H groups in total. The van der Waals surface area contributed by atoms with Crippen LogP contribution in [0.1, 0.15) is 11.5 Å². The molecule has 3 atom stereocenters. The molecule has 0 aromatic heterocycles. The number of carboxylic acid groups (broad SMARTS) is 1. The van der Waals surface area contributed by atoms with Crippen molar-refractivity contribution >= 4 is 39.0 Å². The van der Waals surface area contributed by atoms with Crippen molar-refractivity contribution in [3.05, 3.63) is 64.1 Å². The highest BCUT2D eigenvalue weighted by Crippen LogP contribution is 2.64. The largest absolute Gasteiger partial charge is 0.481 e. The summed E-state index contributed by atoms with van der Waals surface area (Å²) < 4.78 is 26.0. The van der Waals surface area contributed by atoms with Crippen LogP contribution in [0, 0.1) is 5.41 Å². The molecule has 2 aromatic carbocycles. The minimum atomic E-state index is -4.00. The molecule has 5 nitrogen and oxygen atoms in total. The number of aliphatic carboxylic acids is 1. The van der Waals surface area contributed by atoms with Gasteiger partial charge in [-0.3, -0.25) is 4.79 Å². The molecule has 3 rings (SSSR count). The SMILES string of the molecule is O=C(O)[C@@]1(CO)[C@@H](c2cccc(Cl)c2)[C@@H]1S(=O)(=O)c1ccc(Cl)cc1. The lowest BCUT2D eigenvalue weighted by molar-refractivity contribution is -0.145. The van der Waals surface area contributed by atoms with E-state index in [1.165, 1.54) is 30.3 Å². The first-order chi connectivity index (χ1) is 11.7. The highest BCUT2D eigenvalue weighted by molar-refractivity contribution is 7.92. The predicted octanol–water partition coefficient (Wildman–Crippen LogP) is 3.00. The highest BCUT2D eigenvalue weighted by atomic mass is 35.5. The summed E-state index contributed by atoms with van der Waals surface area (Å²) in [6, 6.07) is 11.9. The molecule has 1 aliphatic carbocycles. The number of benzene rings is 2. The number of hydrogen-bond acceptors (Lipinski definition) is 4. The Hall–Kier alpha value is -1.60. The molecule has 0 aliphatic heterocycles. The Morgan fingerprint density at radius 1 is 1.08 bits per heavy atom. The van der Waals surface area contributed by atoms with Gasteiger partial charge in [0.2, 0.25) is 0 Å². The number of halogens is 2. The molecule has 132 valence electrons. The Morgan fingerprint density at radius 2 is 1.72 bits per heavy atom.